The van der Waals surface area contributed by atoms with Gasteiger partial charge in [-0.25, -0.2) is 0 Å². The normalized spacial score (nSPS) is 16.0. The maximum atomic E-state index is 6.06. The van der Waals surface area contributed by atoms with E-state index in [2.05, 4.69) is 32.7 Å². The third kappa shape index (κ3) is 6.65. The third-order valence-corrected chi connectivity index (χ3v) is 6.22. The van der Waals surface area contributed by atoms with Gasteiger partial charge < -0.3 is 20.5 Å². The van der Waals surface area contributed by atoms with Crippen molar-refractivity contribution in [3.8, 4) is 11.5 Å². The second-order valence-electron chi connectivity index (χ2n) is 7.39. The van der Waals surface area contributed by atoms with Gasteiger partial charge in [-0.1, -0.05) is 12.1 Å². The van der Waals surface area contributed by atoms with Gasteiger partial charge in [0.1, 0.15) is 0 Å². The summed E-state index contributed by atoms with van der Waals surface area (Å²) in [6.45, 7) is 4.91. The van der Waals surface area contributed by atoms with E-state index in [9.17, 15) is 0 Å². The Balaban J connectivity index is 1.35. The summed E-state index contributed by atoms with van der Waals surface area (Å²) in [6, 6.07) is 10.3. The minimum absolute atomic E-state index is 0.534. The van der Waals surface area contributed by atoms with Gasteiger partial charge in [0.25, 0.3) is 0 Å². The van der Waals surface area contributed by atoms with Crippen molar-refractivity contribution < 1.29 is 9.47 Å². The topological polar surface area (TPSA) is 72.1 Å². The van der Waals surface area contributed by atoms with E-state index in [0.29, 0.717) is 11.9 Å². The van der Waals surface area contributed by atoms with Gasteiger partial charge in [0.15, 0.2) is 17.5 Å². The molecule has 1 aromatic carbocycles. The fourth-order valence-corrected chi connectivity index (χ4v) is 4.35. The number of likely N-dealkylation sites (tertiary alicyclic amines) is 1. The average Bonchev–Trinajstić information content (AvgIpc) is 3.26. The first kappa shape index (κ1) is 21.5. The van der Waals surface area contributed by atoms with Crippen LogP contribution in [0.2, 0.25) is 0 Å². The molecule has 3 N–H and O–H groups in total. The van der Waals surface area contributed by atoms with Gasteiger partial charge in [0.05, 0.1) is 14.2 Å². The number of nitrogens with two attached hydrogens (primary N) is 1. The lowest BCUT2D eigenvalue weighted by Gasteiger charge is -2.30. The van der Waals surface area contributed by atoms with Crippen LogP contribution in [0.5, 0.6) is 11.5 Å². The first-order valence-corrected chi connectivity index (χ1v) is 11.1. The quantitative estimate of drug-likeness (QED) is 0.485. The Kier molecular flexibility index (Phi) is 8.19. The molecule has 1 fully saturated rings. The van der Waals surface area contributed by atoms with E-state index in [1.165, 1.54) is 23.3 Å². The summed E-state index contributed by atoms with van der Waals surface area (Å²) >= 11 is 1.84. The molecule has 1 aliphatic heterocycles. The van der Waals surface area contributed by atoms with Gasteiger partial charge in [-0.3, -0.25) is 9.89 Å². The van der Waals surface area contributed by atoms with E-state index >= 15 is 0 Å². The fraction of sp³-hybridized carbons (Fsp3) is 0.500. The van der Waals surface area contributed by atoms with Crippen LogP contribution in [0.25, 0.3) is 0 Å². The first-order chi connectivity index (χ1) is 14.2. The summed E-state index contributed by atoms with van der Waals surface area (Å²) in [5.41, 5.74) is 7.23. The lowest BCUT2D eigenvalue weighted by Crippen LogP contribution is -2.36. The number of rotatable bonds is 9. The molecule has 1 saturated heterocycles. The molecule has 7 heteroatoms. The molecule has 3 rings (SSSR count). The standard InChI is InChI=1S/C22H32N4O2S/c1-27-20-6-5-17(14-21(20)28-2)7-10-24-22(23)25-15-18-8-11-26(12-9-18)16-19-4-3-13-29-19/h3-6,13-14,18H,7-12,15-16H2,1-2H3,(H3,23,24,25). The zero-order chi connectivity index (χ0) is 20.5. The molecule has 0 unspecified atom stereocenters. The van der Waals surface area contributed by atoms with Crippen molar-refractivity contribution in [2.75, 3.05) is 40.4 Å². The maximum Gasteiger partial charge on any atom is 0.188 e. The Hall–Kier alpha value is -2.25. The highest BCUT2D eigenvalue weighted by Gasteiger charge is 2.19. The van der Waals surface area contributed by atoms with Crippen LogP contribution in [-0.2, 0) is 13.0 Å². The zero-order valence-electron chi connectivity index (χ0n) is 17.4. The molecular formula is C22H32N4O2S. The number of aliphatic imine (C=N–C) groups is 1. The summed E-state index contributed by atoms with van der Waals surface area (Å²) in [4.78, 5) is 8.55. The van der Waals surface area contributed by atoms with E-state index < -0.39 is 0 Å². The minimum atomic E-state index is 0.534. The van der Waals surface area contributed by atoms with Crippen molar-refractivity contribution in [3.05, 3.63) is 46.2 Å². The van der Waals surface area contributed by atoms with Crippen LogP contribution < -0.4 is 20.5 Å². The molecule has 0 saturated carbocycles. The second-order valence-corrected chi connectivity index (χ2v) is 8.42. The molecule has 2 aromatic rings. The summed E-state index contributed by atoms with van der Waals surface area (Å²) in [5.74, 6) is 2.65. The number of hydrogen-bond acceptors (Lipinski definition) is 5. The first-order valence-electron chi connectivity index (χ1n) is 10.2. The molecule has 1 aromatic heterocycles. The largest absolute Gasteiger partial charge is 0.493 e. The van der Waals surface area contributed by atoms with Gasteiger partial charge in [0, 0.05) is 24.5 Å². The molecule has 0 spiro atoms. The van der Waals surface area contributed by atoms with Crippen LogP contribution in [0.4, 0.5) is 0 Å². The molecule has 1 aliphatic rings. The third-order valence-electron chi connectivity index (χ3n) is 5.35. The molecule has 0 aliphatic carbocycles. The van der Waals surface area contributed by atoms with Gasteiger partial charge >= 0.3 is 0 Å². The Labute approximate surface area is 177 Å². The van der Waals surface area contributed by atoms with Gasteiger partial charge in [-0.05, 0) is 67.4 Å². The molecule has 0 radical (unpaired) electrons. The van der Waals surface area contributed by atoms with Gasteiger partial charge in [0.2, 0.25) is 0 Å². The Morgan fingerprint density at radius 2 is 2.00 bits per heavy atom. The number of thiophene rings is 1. The number of nitrogens with one attached hydrogen (secondary N) is 1. The van der Waals surface area contributed by atoms with E-state index in [1.54, 1.807) is 14.2 Å². The van der Waals surface area contributed by atoms with E-state index in [4.69, 9.17) is 15.2 Å². The number of methoxy groups -OCH3 is 2. The lowest BCUT2D eigenvalue weighted by atomic mass is 9.97. The summed E-state index contributed by atoms with van der Waals surface area (Å²) in [7, 11) is 3.29. The molecule has 0 atom stereocenters. The van der Waals surface area contributed by atoms with Crippen molar-refractivity contribution in [1.29, 1.82) is 0 Å². The van der Waals surface area contributed by atoms with E-state index in [0.717, 1.165) is 50.6 Å². The summed E-state index contributed by atoms with van der Waals surface area (Å²) in [5, 5.41) is 5.37. The summed E-state index contributed by atoms with van der Waals surface area (Å²) < 4.78 is 10.6. The highest BCUT2D eigenvalue weighted by molar-refractivity contribution is 7.09. The minimum Gasteiger partial charge on any atom is -0.493 e. The van der Waals surface area contributed by atoms with Crippen molar-refractivity contribution in [2.24, 2.45) is 16.6 Å². The number of ether oxygens (including phenoxy) is 2. The number of guanidine groups is 1. The van der Waals surface area contributed by atoms with Crippen molar-refractivity contribution in [1.82, 2.24) is 10.2 Å². The molecule has 0 bridgehead atoms. The van der Waals surface area contributed by atoms with E-state index in [1.807, 2.05) is 29.5 Å². The van der Waals surface area contributed by atoms with Crippen LogP contribution in [0.3, 0.4) is 0 Å². The van der Waals surface area contributed by atoms with Crippen LogP contribution in [0.1, 0.15) is 23.3 Å². The van der Waals surface area contributed by atoms with Crippen molar-refractivity contribution >= 4 is 17.3 Å². The van der Waals surface area contributed by atoms with Gasteiger partial charge in [-0.15, -0.1) is 11.3 Å². The number of benzene rings is 1. The predicted molar refractivity (Wildman–Crippen MR) is 120 cm³/mol. The van der Waals surface area contributed by atoms with Gasteiger partial charge in [-0.2, -0.15) is 0 Å². The molecule has 6 nitrogen and oxygen atoms in total. The predicted octanol–water partition coefficient (Wildman–Crippen LogP) is 3.12. The smallest absolute Gasteiger partial charge is 0.188 e. The van der Waals surface area contributed by atoms with Crippen LogP contribution in [-0.4, -0.2) is 51.3 Å². The van der Waals surface area contributed by atoms with Crippen LogP contribution in [0, 0.1) is 5.92 Å². The van der Waals surface area contributed by atoms with Crippen LogP contribution in [0.15, 0.2) is 40.7 Å². The fourth-order valence-electron chi connectivity index (χ4n) is 3.60. The Bertz CT molecular complexity index is 771. The number of nitrogens with zero attached hydrogens (tertiary/aromatic N) is 2. The number of piperidine rings is 1. The monoisotopic (exact) mass is 416 g/mol. The molecule has 0 amide bonds. The Morgan fingerprint density at radius 1 is 1.21 bits per heavy atom. The zero-order valence-corrected chi connectivity index (χ0v) is 18.2. The lowest BCUT2D eigenvalue weighted by molar-refractivity contribution is 0.182. The molecule has 2 heterocycles. The average molecular weight is 417 g/mol. The van der Waals surface area contributed by atoms with Crippen molar-refractivity contribution in [3.63, 3.8) is 0 Å². The highest BCUT2D eigenvalue weighted by atomic mass is 32.1. The molecule has 158 valence electrons. The van der Waals surface area contributed by atoms with Crippen molar-refractivity contribution in [2.45, 2.75) is 25.8 Å². The van der Waals surface area contributed by atoms with E-state index in [-0.39, 0.29) is 0 Å². The van der Waals surface area contributed by atoms with Crippen LogP contribution >= 0.6 is 11.3 Å². The number of hydrogen-bond donors (Lipinski definition) is 2. The summed E-state index contributed by atoms with van der Waals surface area (Å²) in [6.07, 6.45) is 3.22. The maximum absolute atomic E-state index is 6.06. The second kappa shape index (κ2) is 11.1. The SMILES string of the molecule is COc1ccc(CCNC(N)=NCC2CCN(Cc3cccs3)CC2)cc1OC. The highest BCUT2D eigenvalue weighted by Crippen LogP contribution is 2.27. The molecule has 29 heavy (non-hydrogen) atoms. The Morgan fingerprint density at radius 3 is 2.69 bits per heavy atom. The molecular weight excluding hydrogens is 384 g/mol.